The lowest BCUT2D eigenvalue weighted by Gasteiger charge is -2.26. The Labute approximate surface area is 90.5 Å². The summed E-state index contributed by atoms with van der Waals surface area (Å²) in [5.74, 6) is 0.382. The molecule has 4 heteroatoms. The summed E-state index contributed by atoms with van der Waals surface area (Å²) in [5, 5.41) is 13.4. The van der Waals surface area contributed by atoms with Crippen LogP contribution >= 0.6 is 0 Å². The van der Waals surface area contributed by atoms with Crippen LogP contribution in [0.3, 0.4) is 0 Å². The highest BCUT2D eigenvalue weighted by atomic mass is 16.3. The summed E-state index contributed by atoms with van der Waals surface area (Å²) in [7, 11) is 0. The Morgan fingerprint density at radius 3 is 2.80 bits per heavy atom. The predicted molar refractivity (Wildman–Crippen MR) is 61.4 cm³/mol. The Balaban J connectivity index is 2.81. The summed E-state index contributed by atoms with van der Waals surface area (Å²) < 4.78 is 0. The molecule has 15 heavy (non-hydrogen) atoms. The molecule has 4 N–H and O–H groups in total. The number of nitrogen functional groups attached to an aromatic ring is 1. The molecule has 0 amide bonds. The molecule has 0 aliphatic carbocycles. The fourth-order valence-electron chi connectivity index (χ4n) is 1.37. The van der Waals surface area contributed by atoms with Crippen LogP contribution in [-0.2, 0) is 5.60 Å². The third-order valence-electron chi connectivity index (χ3n) is 2.27. The van der Waals surface area contributed by atoms with Crippen molar-refractivity contribution in [2.24, 2.45) is 0 Å². The van der Waals surface area contributed by atoms with Gasteiger partial charge in [0, 0.05) is 24.3 Å². The zero-order valence-corrected chi connectivity index (χ0v) is 9.49. The number of rotatable bonds is 4. The van der Waals surface area contributed by atoms with E-state index in [0.717, 1.165) is 0 Å². The number of hydrogen-bond acceptors (Lipinski definition) is 4. The van der Waals surface area contributed by atoms with Crippen LogP contribution in [-0.4, -0.2) is 22.7 Å². The van der Waals surface area contributed by atoms with Gasteiger partial charge < -0.3 is 16.2 Å². The highest BCUT2D eigenvalue weighted by molar-refractivity contribution is 5.42. The Morgan fingerprint density at radius 2 is 2.27 bits per heavy atom. The third kappa shape index (κ3) is 3.18. The van der Waals surface area contributed by atoms with Gasteiger partial charge in [-0.3, -0.25) is 0 Å². The average molecular weight is 209 g/mol. The molecule has 1 heterocycles. The fourth-order valence-corrected chi connectivity index (χ4v) is 1.37. The van der Waals surface area contributed by atoms with Crippen molar-refractivity contribution in [3.63, 3.8) is 0 Å². The predicted octanol–water partition coefficient (Wildman–Crippen LogP) is 0.869. The summed E-state index contributed by atoms with van der Waals surface area (Å²) >= 11 is 0. The van der Waals surface area contributed by atoms with Crippen molar-refractivity contribution in [3.8, 4) is 0 Å². The Hall–Kier alpha value is -1.13. The minimum absolute atomic E-state index is 0.328. The molecule has 1 aromatic rings. The second kappa shape index (κ2) is 4.59. The second-order valence-electron chi connectivity index (χ2n) is 4.25. The van der Waals surface area contributed by atoms with E-state index in [1.54, 1.807) is 25.3 Å². The lowest BCUT2D eigenvalue weighted by molar-refractivity contribution is 0.0554. The topological polar surface area (TPSA) is 71.2 Å². The minimum atomic E-state index is -0.984. The molecule has 0 aliphatic rings. The third-order valence-corrected chi connectivity index (χ3v) is 2.27. The summed E-state index contributed by atoms with van der Waals surface area (Å²) in [5.41, 5.74) is 5.40. The van der Waals surface area contributed by atoms with Crippen molar-refractivity contribution in [1.82, 2.24) is 10.3 Å². The molecule has 0 aliphatic heterocycles. The van der Waals surface area contributed by atoms with Gasteiger partial charge in [0.15, 0.2) is 0 Å². The van der Waals surface area contributed by atoms with Crippen LogP contribution in [0, 0.1) is 0 Å². The Bertz CT molecular complexity index is 323. The first kappa shape index (κ1) is 11.9. The van der Waals surface area contributed by atoms with Gasteiger partial charge in [0.2, 0.25) is 0 Å². The van der Waals surface area contributed by atoms with Crippen molar-refractivity contribution in [2.45, 2.75) is 32.4 Å². The fraction of sp³-hybridized carbons (Fsp3) is 0.545. The molecule has 1 atom stereocenters. The van der Waals surface area contributed by atoms with Crippen LogP contribution in [0.1, 0.15) is 26.3 Å². The van der Waals surface area contributed by atoms with Crippen molar-refractivity contribution in [2.75, 3.05) is 12.3 Å². The molecule has 0 aromatic carbocycles. The zero-order chi connectivity index (χ0) is 11.5. The summed E-state index contributed by atoms with van der Waals surface area (Å²) in [4.78, 5) is 3.96. The SMILES string of the molecule is CC(C)NCC(C)(O)c1cccnc1N. The van der Waals surface area contributed by atoms with E-state index in [4.69, 9.17) is 5.73 Å². The van der Waals surface area contributed by atoms with Crippen LogP contribution in [0.15, 0.2) is 18.3 Å². The quantitative estimate of drug-likeness (QED) is 0.688. The van der Waals surface area contributed by atoms with Gasteiger partial charge in [-0.15, -0.1) is 0 Å². The monoisotopic (exact) mass is 209 g/mol. The summed E-state index contributed by atoms with van der Waals surface area (Å²) in [6, 6.07) is 3.90. The molecule has 0 bridgehead atoms. The molecule has 0 saturated heterocycles. The van der Waals surface area contributed by atoms with E-state index in [0.29, 0.717) is 24.0 Å². The lowest BCUT2D eigenvalue weighted by Crippen LogP contribution is -2.39. The standard InChI is InChI=1S/C11H19N3O/c1-8(2)14-7-11(3,15)9-5-4-6-13-10(9)12/h4-6,8,14-15H,7H2,1-3H3,(H2,12,13). The van der Waals surface area contributed by atoms with E-state index in [2.05, 4.69) is 10.3 Å². The van der Waals surface area contributed by atoms with Gasteiger partial charge in [0.1, 0.15) is 11.4 Å². The normalized spacial score (nSPS) is 15.3. The van der Waals surface area contributed by atoms with Gasteiger partial charge in [-0.25, -0.2) is 4.98 Å². The molecule has 0 saturated carbocycles. The van der Waals surface area contributed by atoms with E-state index < -0.39 is 5.60 Å². The number of nitrogens with two attached hydrogens (primary N) is 1. The van der Waals surface area contributed by atoms with Crippen LogP contribution in [0.2, 0.25) is 0 Å². The van der Waals surface area contributed by atoms with Gasteiger partial charge in [-0.1, -0.05) is 19.9 Å². The molecule has 84 valence electrons. The second-order valence-corrected chi connectivity index (χ2v) is 4.25. The van der Waals surface area contributed by atoms with Gasteiger partial charge in [-0.2, -0.15) is 0 Å². The van der Waals surface area contributed by atoms with E-state index in [1.807, 2.05) is 13.8 Å². The van der Waals surface area contributed by atoms with Gasteiger partial charge in [0.25, 0.3) is 0 Å². The molecule has 1 unspecified atom stereocenters. The Morgan fingerprint density at radius 1 is 1.60 bits per heavy atom. The van der Waals surface area contributed by atoms with Crippen LogP contribution < -0.4 is 11.1 Å². The molecule has 4 nitrogen and oxygen atoms in total. The van der Waals surface area contributed by atoms with Gasteiger partial charge >= 0.3 is 0 Å². The number of aromatic nitrogens is 1. The minimum Gasteiger partial charge on any atom is -0.384 e. The molecule has 0 spiro atoms. The summed E-state index contributed by atoms with van der Waals surface area (Å²) in [6.07, 6.45) is 1.62. The molecule has 1 rings (SSSR count). The van der Waals surface area contributed by atoms with E-state index >= 15 is 0 Å². The van der Waals surface area contributed by atoms with Gasteiger partial charge in [0.05, 0.1) is 0 Å². The molecule has 0 radical (unpaired) electrons. The molecular formula is C11H19N3O. The Kier molecular flexibility index (Phi) is 3.66. The van der Waals surface area contributed by atoms with Gasteiger partial charge in [-0.05, 0) is 13.0 Å². The zero-order valence-electron chi connectivity index (χ0n) is 9.49. The average Bonchev–Trinajstić information content (AvgIpc) is 2.15. The first-order chi connectivity index (χ1) is 6.93. The molecule has 1 aromatic heterocycles. The van der Waals surface area contributed by atoms with E-state index in [-0.39, 0.29) is 0 Å². The largest absolute Gasteiger partial charge is 0.384 e. The van der Waals surface area contributed by atoms with Crippen molar-refractivity contribution < 1.29 is 5.11 Å². The first-order valence-corrected chi connectivity index (χ1v) is 5.10. The smallest absolute Gasteiger partial charge is 0.129 e. The van der Waals surface area contributed by atoms with Crippen molar-refractivity contribution in [3.05, 3.63) is 23.9 Å². The van der Waals surface area contributed by atoms with Crippen molar-refractivity contribution >= 4 is 5.82 Å². The van der Waals surface area contributed by atoms with E-state index in [1.165, 1.54) is 0 Å². The first-order valence-electron chi connectivity index (χ1n) is 5.10. The number of pyridine rings is 1. The number of hydrogen-bond donors (Lipinski definition) is 3. The number of nitrogens with one attached hydrogen (secondary N) is 1. The number of aliphatic hydroxyl groups is 1. The van der Waals surface area contributed by atoms with Crippen LogP contribution in [0.5, 0.6) is 0 Å². The number of nitrogens with zero attached hydrogens (tertiary/aromatic N) is 1. The lowest BCUT2D eigenvalue weighted by atomic mass is 9.96. The number of anilines is 1. The molecule has 0 fully saturated rings. The maximum absolute atomic E-state index is 10.2. The van der Waals surface area contributed by atoms with E-state index in [9.17, 15) is 5.11 Å². The highest BCUT2D eigenvalue weighted by Gasteiger charge is 2.25. The van der Waals surface area contributed by atoms with Crippen LogP contribution in [0.4, 0.5) is 5.82 Å². The maximum atomic E-state index is 10.2. The maximum Gasteiger partial charge on any atom is 0.129 e. The molecular weight excluding hydrogens is 190 g/mol. The summed E-state index contributed by atoms with van der Waals surface area (Å²) in [6.45, 7) is 6.25. The van der Waals surface area contributed by atoms with Crippen LogP contribution in [0.25, 0.3) is 0 Å². The highest BCUT2D eigenvalue weighted by Crippen LogP contribution is 2.23. The van der Waals surface area contributed by atoms with Crippen molar-refractivity contribution in [1.29, 1.82) is 0 Å².